The summed E-state index contributed by atoms with van der Waals surface area (Å²) in [6, 6.07) is 9.80. The maximum absolute atomic E-state index is 12.5. The predicted octanol–water partition coefficient (Wildman–Crippen LogP) is 3.51. The quantitative estimate of drug-likeness (QED) is 0.687. The summed E-state index contributed by atoms with van der Waals surface area (Å²) in [6.45, 7) is 7.29. The summed E-state index contributed by atoms with van der Waals surface area (Å²) < 4.78 is 11.3. The van der Waals surface area contributed by atoms with Crippen LogP contribution >= 0.6 is 0 Å². The van der Waals surface area contributed by atoms with Crippen molar-refractivity contribution in [3.8, 4) is 5.75 Å². The lowest BCUT2D eigenvalue weighted by molar-refractivity contribution is -0.121. The lowest BCUT2D eigenvalue weighted by Crippen LogP contribution is -2.39. The lowest BCUT2D eigenvalue weighted by Gasteiger charge is -2.33. The van der Waals surface area contributed by atoms with Crippen molar-refractivity contribution in [2.24, 2.45) is 0 Å². The smallest absolute Gasteiger partial charge is 0.286 e. The van der Waals surface area contributed by atoms with Crippen molar-refractivity contribution in [1.82, 2.24) is 10.2 Å². The average Bonchev–Trinajstić information content (AvgIpc) is 3.23. The molecule has 2 amide bonds. The van der Waals surface area contributed by atoms with E-state index in [1.54, 1.807) is 17.0 Å². The van der Waals surface area contributed by atoms with E-state index in [9.17, 15) is 9.59 Å². The molecule has 31 heavy (non-hydrogen) atoms. The largest absolute Gasteiger partial charge is 0.482 e. The molecule has 2 aliphatic heterocycles. The molecule has 0 aliphatic carbocycles. The van der Waals surface area contributed by atoms with Crippen molar-refractivity contribution in [2.75, 3.05) is 31.1 Å². The number of ether oxygens (including phenoxy) is 1. The summed E-state index contributed by atoms with van der Waals surface area (Å²) in [5, 5.41) is 2.94. The van der Waals surface area contributed by atoms with Crippen LogP contribution < -0.4 is 15.0 Å². The molecule has 166 valence electrons. The minimum Gasteiger partial charge on any atom is -0.482 e. The lowest BCUT2D eigenvalue weighted by atomic mass is 10.0. The second-order valence-corrected chi connectivity index (χ2v) is 8.50. The van der Waals surface area contributed by atoms with E-state index in [1.807, 2.05) is 25.1 Å². The first kappa shape index (κ1) is 21.4. The van der Waals surface area contributed by atoms with Gasteiger partial charge in [0.15, 0.2) is 12.4 Å². The molecule has 0 bridgehead atoms. The molecule has 2 aromatic rings. The van der Waals surface area contributed by atoms with Gasteiger partial charge in [0, 0.05) is 19.1 Å². The van der Waals surface area contributed by atoms with Gasteiger partial charge in [-0.25, -0.2) is 0 Å². The molecule has 1 atom stereocenters. The van der Waals surface area contributed by atoms with E-state index in [-0.39, 0.29) is 30.7 Å². The highest BCUT2D eigenvalue weighted by molar-refractivity contribution is 5.97. The first-order valence-corrected chi connectivity index (χ1v) is 11.2. The summed E-state index contributed by atoms with van der Waals surface area (Å²) in [5.74, 6) is 1.16. The van der Waals surface area contributed by atoms with Crippen LogP contribution in [0.2, 0.25) is 0 Å². The second-order valence-electron chi connectivity index (χ2n) is 8.50. The molecule has 3 heterocycles. The van der Waals surface area contributed by atoms with Crippen molar-refractivity contribution >= 4 is 17.5 Å². The van der Waals surface area contributed by atoms with Crippen LogP contribution in [0, 0.1) is 6.92 Å². The van der Waals surface area contributed by atoms with E-state index in [0.717, 1.165) is 30.8 Å². The Morgan fingerprint density at radius 2 is 2.10 bits per heavy atom. The third-order valence-electron chi connectivity index (χ3n) is 6.11. The van der Waals surface area contributed by atoms with Crippen molar-refractivity contribution in [2.45, 2.75) is 52.1 Å². The molecule has 1 saturated heterocycles. The van der Waals surface area contributed by atoms with Crippen LogP contribution in [0.15, 0.2) is 34.7 Å². The SMILES string of the molecule is Cc1ccc2c(c1)N(Cc1ccc(C(=O)NCCCN3CCCCC3C)o1)C(=O)CO2. The molecule has 1 N–H and O–H groups in total. The van der Waals surface area contributed by atoms with E-state index < -0.39 is 0 Å². The summed E-state index contributed by atoms with van der Waals surface area (Å²) in [7, 11) is 0. The Morgan fingerprint density at radius 1 is 1.23 bits per heavy atom. The molecule has 7 nitrogen and oxygen atoms in total. The Kier molecular flexibility index (Phi) is 6.61. The van der Waals surface area contributed by atoms with E-state index in [4.69, 9.17) is 9.15 Å². The Balaban J connectivity index is 1.31. The molecular formula is C24H31N3O4. The number of carbonyl (C=O) groups excluding carboxylic acids is 2. The number of benzene rings is 1. The van der Waals surface area contributed by atoms with Gasteiger partial charge in [0.25, 0.3) is 11.8 Å². The first-order chi connectivity index (χ1) is 15.0. The van der Waals surface area contributed by atoms with Gasteiger partial charge in [0.05, 0.1) is 12.2 Å². The van der Waals surface area contributed by atoms with Gasteiger partial charge in [-0.1, -0.05) is 12.5 Å². The molecule has 7 heteroatoms. The van der Waals surface area contributed by atoms with Gasteiger partial charge < -0.3 is 19.4 Å². The van der Waals surface area contributed by atoms with Crippen molar-refractivity contribution in [1.29, 1.82) is 0 Å². The molecule has 4 rings (SSSR count). The number of hydrogen-bond acceptors (Lipinski definition) is 5. The van der Waals surface area contributed by atoms with Gasteiger partial charge in [0.2, 0.25) is 0 Å². The van der Waals surface area contributed by atoms with Crippen molar-refractivity contribution < 1.29 is 18.7 Å². The molecule has 1 aromatic carbocycles. The number of nitrogens with one attached hydrogen (secondary N) is 1. The fourth-order valence-electron chi connectivity index (χ4n) is 4.29. The fraction of sp³-hybridized carbons (Fsp3) is 0.500. The minimum absolute atomic E-state index is 0.000250. The monoisotopic (exact) mass is 425 g/mol. The van der Waals surface area contributed by atoms with Crippen molar-refractivity contribution in [3.63, 3.8) is 0 Å². The summed E-state index contributed by atoms with van der Waals surface area (Å²) >= 11 is 0. The number of piperidine rings is 1. The highest BCUT2D eigenvalue weighted by Crippen LogP contribution is 2.34. The zero-order chi connectivity index (χ0) is 21.8. The molecule has 2 aliphatic rings. The van der Waals surface area contributed by atoms with Crippen LogP contribution in [0.3, 0.4) is 0 Å². The predicted molar refractivity (Wildman–Crippen MR) is 118 cm³/mol. The Bertz CT molecular complexity index is 939. The Morgan fingerprint density at radius 3 is 2.94 bits per heavy atom. The van der Waals surface area contributed by atoms with E-state index >= 15 is 0 Å². The van der Waals surface area contributed by atoms with Gasteiger partial charge in [-0.2, -0.15) is 0 Å². The second kappa shape index (κ2) is 9.56. The molecule has 1 fully saturated rings. The van der Waals surface area contributed by atoms with Gasteiger partial charge in [-0.05, 0) is 69.5 Å². The standard InChI is InChI=1S/C24H31N3O4/c1-17-7-9-21-20(14-17)27(23(28)16-30-21)15-19-8-10-22(31-19)24(29)25-11-5-13-26-12-4-3-6-18(26)2/h7-10,14,18H,3-6,11-13,15-16H2,1-2H3,(H,25,29). The van der Waals surface area contributed by atoms with Crippen molar-refractivity contribution in [3.05, 3.63) is 47.4 Å². The Hall–Kier alpha value is -2.80. The summed E-state index contributed by atoms with van der Waals surface area (Å²) in [6.07, 6.45) is 4.76. The van der Waals surface area contributed by atoms with Crippen LogP contribution in [0.1, 0.15) is 54.5 Å². The maximum atomic E-state index is 12.5. The summed E-state index contributed by atoms with van der Waals surface area (Å²) in [5.41, 5.74) is 1.77. The molecule has 0 spiro atoms. The number of likely N-dealkylation sites (tertiary alicyclic amines) is 1. The molecule has 0 saturated carbocycles. The number of amides is 2. The normalized spacial score (nSPS) is 19.1. The number of hydrogen-bond donors (Lipinski definition) is 1. The van der Waals surface area contributed by atoms with Crippen LogP contribution in [0.4, 0.5) is 5.69 Å². The third kappa shape index (κ3) is 5.10. The van der Waals surface area contributed by atoms with Gasteiger partial charge in [-0.15, -0.1) is 0 Å². The third-order valence-corrected chi connectivity index (χ3v) is 6.11. The topological polar surface area (TPSA) is 75.0 Å². The number of nitrogens with zero attached hydrogens (tertiary/aromatic N) is 2. The highest BCUT2D eigenvalue weighted by Gasteiger charge is 2.27. The average molecular weight is 426 g/mol. The number of rotatable bonds is 7. The first-order valence-electron chi connectivity index (χ1n) is 11.2. The number of furan rings is 1. The van der Waals surface area contributed by atoms with E-state index in [0.29, 0.717) is 24.1 Å². The van der Waals surface area contributed by atoms with E-state index in [2.05, 4.69) is 17.1 Å². The number of anilines is 1. The highest BCUT2D eigenvalue weighted by atomic mass is 16.5. The van der Waals surface area contributed by atoms with Crippen LogP contribution in [-0.4, -0.2) is 49.0 Å². The van der Waals surface area contributed by atoms with Crippen LogP contribution in [-0.2, 0) is 11.3 Å². The summed E-state index contributed by atoms with van der Waals surface area (Å²) in [4.78, 5) is 29.0. The molecule has 1 aromatic heterocycles. The van der Waals surface area contributed by atoms with Gasteiger partial charge >= 0.3 is 0 Å². The molecule has 0 radical (unpaired) electrons. The minimum atomic E-state index is -0.220. The number of fused-ring (bicyclic) bond motifs is 1. The number of aryl methyl sites for hydroxylation is 1. The van der Waals surface area contributed by atoms with E-state index in [1.165, 1.54) is 19.3 Å². The zero-order valence-electron chi connectivity index (χ0n) is 18.4. The van der Waals surface area contributed by atoms with Gasteiger partial charge in [-0.3, -0.25) is 14.5 Å². The number of carbonyl (C=O) groups is 2. The Labute approximate surface area is 183 Å². The van der Waals surface area contributed by atoms with Crippen LogP contribution in [0.5, 0.6) is 5.75 Å². The zero-order valence-corrected chi connectivity index (χ0v) is 18.4. The van der Waals surface area contributed by atoms with Crippen LogP contribution in [0.25, 0.3) is 0 Å². The van der Waals surface area contributed by atoms with Gasteiger partial charge in [0.1, 0.15) is 11.5 Å². The fourth-order valence-corrected chi connectivity index (χ4v) is 4.29. The molecule has 1 unspecified atom stereocenters. The maximum Gasteiger partial charge on any atom is 0.286 e. The molecular weight excluding hydrogens is 394 g/mol.